The predicted molar refractivity (Wildman–Crippen MR) is 79.1 cm³/mol. The number of hydrogen-bond donors (Lipinski definition) is 2. The molecule has 1 rings (SSSR count). The second-order valence-electron chi connectivity index (χ2n) is 5.54. The van der Waals surface area contributed by atoms with Crippen molar-refractivity contribution in [2.24, 2.45) is 5.73 Å². The topological polar surface area (TPSA) is 61.6 Å². The van der Waals surface area contributed by atoms with Crippen LogP contribution in [0.1, 0.15) is 32.6 Å². The average molecular weight is 270 g/mol. The standard InChI is InChI=1S/C14H30N4O/c1-3-4-6-13(15)14(19)16-7-5-8-18-11-9-17(2)10-12-18/h13H,3-12,15H2,1-2H3,(H,16,19). The lowest BCUT2D eigenvalue weighted by molar-refractivity contribution is -0.122. The Morgan fingerprint density at radius 1 is 1.26 bits per heavy atom. The van der Waals surface area contributed by atoms with Crippen LogP contribution in [0.15, 0.2) is 0 Å². The number of likely N-dealkylation sites (N-methyl/N-ethyl adjacent to an activating group) is 1. The van der Waals surface area contributed by atoms with Crippen molar-refractivity contribution in [3.63, 3.8) is 0 Å². The Bertz CT molecular complexity index is 252. The number of piperazine rings is 1. The molecule has 5 heteroatoms. The lowest BCUT2D eigenvalue weighted by Gasteiger charge is -2.32. The van der Waals surface area contributed by atoms with Crippen LogP contribution in [0, 0.1) is 0 Å². The molecule has 0 aromatic heterocycles. The molecule has 1 aliphatic rings. The number of nitrogens with two attached hydrogens (primary N) is 1. The van der Waals surface area contributed by atoms with E-state index in [0.717, 1.165) is 65.0 Å². The van der Waals surface area contributed by atoms with Crippen molar-refractivity contribution in [2.45, 2.75) is 38.6 Å². The molecule has 5 nitrogen and oxygen atoms in total. The number of unbranched alkanes of at least 4 members (excludes halogenated alkanes) is 1. The van der Waals surface area contributed by atoms with Gasteiger partial charge in [-0.1, -0.05) is 19.8 Å². The van der Waals surface area contributed by atoms with Crippen molar-refractivity contribution >= 4 is 5.91 Å². The third kappa shape index (κ3) is 6.89. The zero-order valence-electron chi connectivity index (χ0n) is 12.5. The molecule has 1 atom stereocenters. The third-order valence-electron chi connectivity index (χ3n) is 3.75. The van der Waals surface area contributed by atoms with Crippen molar-refractivity contribution in [2.75, 3.05) is 46.3 Å². The summed E-state index contributed by atoms with van der Waals surface area (Å²) in [5.41, 5.74) is 5.82. The fourth-order valence-electron chi connectivity index (χ4n) is 2.27. The van der Waals surface area contributed by atoms with Crippen LogP contribution in [0.3, 0.4) is 0 Å². The Labute approximate surface area is 117 Å². The number of hydrogen-bond acceptors (Lipinski definition) is 4. The molecule has 0 aliphatic carbocycles. The maximum absolute atomic E-state index is 11.7. The van der Waals surface area contributed by atoms with Crippen molar-refractivity contribution in [3.05, 3.63) is 0 Å². The largest absolute Gasteiger partial charge is 0.355 e. The quantitative estimate of drug-likeness (QED) is 0.621. The highest BCUT2D eigenvalue weighted by atomic mass is 16.2. The summed E-state index contributed by atoms with van der Waals surface area (Å²) in [5, 5.41) is 2.94. The molecule has 0 bridgehead atoms. The van der Waals surface area contributed by atoms with Gasteiger partial charge in [-0.2, -0.15) is 0 Å². The first-order chi connectivity index (χ1) is 9.13. The number of nitrogens with zero attached hydrogens (tertiary/aromatic N) is 2. The van der Waals surface area contributed by atoms with Crippen LogP contribution in [-0.4, -0.2) is 68.1 Å². The van der Waals surface area contributed by atoms with Crippen molar-refractivity contribution in [3.8, 4) is 0 Å². The van der Waals surface area contributed by atoms with Crippen LogP contribution in [0.25, 0.3) is 0 Å². The van der Waals surface area contributed by atoms with E-state index in [9.17, 15) is 4.79 Å². The van der Waals surface area contributed by atoms with E-state index in [2.05, 4.69) is 29.1 Å². The number of amides is 1. The third-order valence-corrected chi connectivity index (χ3v) is 3.75. The minimum absolute atomic E-state index is 0.00632. The van der Waals surface area contributed by atoms with Gasteiger partial charge < -0.3 is 20.9 Å². The Hall–Kier alpha value is -0.650. The zero-order valence-corrected chi connectivity index (χ0v) is 12.5. The summed E-state index contributed by atoms with van der Waals surface area (Å²) in [6, 6.07) is -0.330. The molecule has 0 spiro atoms. The fraction of sp³-hybridized carbons (Fsp3) is 0.929. The van der Waals surface area contributed by atoms with E-state index in [1.165, 1.54) is 0 Å². The van der Waals surface area contributed by atoms with Crippen LogP contribution in [-0.2, 0) is 4.79 Å². The molecular formula is C14H30N4O. The highest BCUT2D eigenvalue weighted by molar-refractivity contribution is 5.81. The number of carbonyl (C=O) groups is 1. The molecule has 0 saturated carbocycles. The Kier molecular flexibility index (Phi) is 8.02. The summed E-state index contributed by atoms with van der Waals surface area (Å²) in [6.45, 7) is 8.49. The van der Waals surface area contributed by atoms with E-state index in [0.29, 0.717) is 0 Å². The average Bonchev–Trinajstić information content (AvgIpc) is 2.42. The Morgan fingerprint density at radius 2 is 1.95 bits per heavy atom. The Balaban J connectivity index is 2.02. The van der Waals surface area contributed by atoms with Gasteiger partial charge >= 0.3 is 0 Å². The van der Waals surface area contributed by atoms with Crippen LogP contribution < -0.4 is 11.1 Å². The van der Waals surface area contributed by atoms with Crippen molar-refractivity contribution in [1.82, 2.24) is 15.1 Å². The zero-order chi connectivity index (χ0) is 14.1. The minimum atomic E-state index is -0.330. The SMILES string of the molecule is CCCCC(N)C(=O)NCCCN1CCN(C)CC1. The smallest absolute Gasteiger partial charge is 0.236 e. The van der Waals surface area contributed by atoms with Crippen LogP contribution >= 0.6 is 0 Å². The molecule has 112 valence electrons. The van der Waals surface area contributed by atoms with Gasteiger partial charge in [-0.25, -0.2) is 0 Å². The predicted octanol–water partition coefficient (Wildman–Crippen LogP) is 0.258. The summed E-state index contributed by atoms with van der Waals surface area (Å²) < 4.78 is 0. The fourth-order valence-corrected chi connectivity index (χ4v) is 2.27. The van der Waals surface area contributed by atoms with Gasteiger partial charge in [0.25, 0.3) is 0 Å². The van der Waals surface area contributed by atoms with E-state index in [-0.39, 0.29) is 11.9 Å². The van der Waals surface area contributed by atoms with Crippen molar-refractivity contribution in [1.29, 1.82) is 0 Å². The van der Waals surface area contributed by atoms with E-state index in [1.807, 2.05) is 0 Å². The van der Waals surface area contributed by atoms with Crippen molar-refractivity contribution < 1.29 is 4.79 Å². The number of nitrogens with one attached hydrogen (secondary N) is 1. The van der Waals surface area contributed by atoms with E-state index in [1.54, 1.807) is 0 Å². The summed E-state index contributed by atoms with van der Waals surface area (Å²) in [6.07, 6.45) is 3.91. The molecule has 0 radical (unpaired) electrons. The molecule has 0 aromatic rings. The molecule has 19 heavy (non-hydrogen) atoms. The molecule has 1 fully saturated rings. The molecule has 1 heterocycles. The molecular weight excluding hydrogens is 240 g/mol. The highest BCUT2D eigenvalue weighted by Gasteiger charge is 2.14. The summed E-state index contributed by atoms with van der Waals surface area (Å²) in [7, 11) is 2.16. The molecule has 1 aliphatic heterocycles. The summed E-state index contributed by atoms with van der Waals surface area (Å²) in [5.74, 6) is 0.00632. The van der Waals surface area contributed by atoms with E-state index < -0.39 is 0 Å². The summed E-state index contributed by atoms with van der Waals surface area (Å²) in [4.78, 5) is 16.5. The van der Waals surface area contributed by atoms with Gasteiger partial charge in [0.2, 0.25) is 5.91 Å². The molecule has 3 N–H and O–H groups in total. The first-order valence-electron chi connectivity index (χ1n) is 7.57. The van der Waals surface area contributed by atoms with Gasteiger partial charge in [-0.3, -0.25) is 4.79 Å². The number of carbonyl (C=O) groups excluding carboxylic acids is 1. The van der Waals surface area contributed by atoms with Gasteiger partial charge in [0, 0.05) is 32.7 Å². The maximum atomic E-state index is 11.7. The van der Waals surface area contributed by atoms with Crippen LogP contribution in [0.4, 0.5) is 0 Å². The molecule has 1 saturated heterocycles. The first kappa shape index (κ1) is 16.4. The maximum Gasteiger partial charge on any atom is 0.236 e. The second-order valence-corrected chi connectivity index (χ2v) is 5.54. The first-order valence-corrected chi connectivity index (χ1v) is 7.57. The lowest BCUT2D eigenvalue weighted by Crippen LogP contribution is -2.45. The van der Waals surface area contributed by atoms with Gasteiger partial charge in [0.05, 0.1) is 6.04 Å². The molecule has 0 aromatic carbocycles. The summed E-state index contributed by atoms with van der Waals surface area (Å²) >= 11 is 0. The number of rotatable bonds is 8. The van der Waals surface area contributed by atoms with E-state index >= 15 is 0 Å². The van der Waals surface area contributed by atoms with Gasteiger partial charge in [-0.15, -0.1) is 0 Å². The van der Waals surface area contributed by atoms with Crippen LogP contribution in [0.2, 0.25) is 0 Å². The normalized spacial score (nSPS) is 19.3. The molecule has 1 amide bonds. The minimum Gasteiger partial charge on any atom is -0.355 e. The Morgan fingerprint density at radius 3 is 2.58 bits per heavy atom. The van der Waals surface area contributed by atoms with Gasteiger partial charge in [-0.05, 0) is 26.4 Å². The highest BCUT2D eigenvalue weighted by Crippen LogP contribution is 2.00. The van der Waals surface area contributed by atoms with E-state index in [4.69, 9.17) is 5.73 Å². The van der Waals surface area contributed by atoms with Gasteiger partial charge in [0.1, 0.15) is 0 Å². The molecule has 1 unspecified atom stereocenters. The van der Waals surface area contributed by atoms with Crippen LogP contribution in [0.5, 0.6) is 0 Å². The lowest BCUT2D eigenvalue weighted by atomic mass is 10.1. The van der Waals surface area contributed by atoms with Gasteiger partial charge in [0.15, 0.2) is 0 Å². The monoisotopic (exact) mass is 270 g/mol. The second kappa shape index (κ2) is 9.28.